The number of nitrogens with one attached hydrogen (secondary N) is 1. The van der Waals surface area contributed by atoms with Crippen molar-refractivity contribution >= 4 is 23.8 Å². The van der Waals surface area contributed by atoms with E-state index in [2.05, 4.69) is 25.4 Å². The van der Waals surface area contributed by atoms with Crippen molar-refractivity contribution in [1.82, 2.24) is 9.55 Å². The Labute approximate surface area is 125 Å². The summed E-state index contributed by atoms with van der Waals surface area (Å²) in [6.07, 6.45) is -1.73. The fraction of sp³-hybridized carbons (Fsp3) is 0.556. The Morgan fingerprint density at radius 2 is 2.19 bits per heavy atom. The average molecular weight is 387 g/mol. The van der Waals surface area contributed by atoms with Crippen LogP contribution in [0.25, 0.3) is 0 Å². The third kappa shape index (κ3) is 4.10. The topological polar surface area (TPSA) is 151 Å². The molecule has 21 heavy (non-hydrogen) atoms. The van der Waals surface area contributed by atoms with Gasteiger partial charge in [0.25, 0.3) is 5.56 Å². The molecule has 1 fully saturated rings. The second kappa shape index (κ2) is 6.13. The van der Waals surface area contributed by atoms with E-state index in [1.807, 2.05) is 0 Å². The summed E-state index contributed by atoms with van der Waals surface area (Å²) in [4.78, 5) is 42.2. The van der Waals surface area contributed by atoms with E-state index in [9.17, 15) is 19.3 Å². The number of aliphatic hydroxyl groups excluding tert-OH is 1. The number of ether oxygens (including phenoxy) is 1. The average Bonchev–Trinajstić information content (AvgIpc) is 2.72. The summed E-state index contributed by atoms with van der Waals surface area (Å²) in [7, 11) is -4.67. The monoisotopic (exact) mass is 386 g/mol. The molecule has 118 valence electrons. The smallest absolute Gasteiger partial charge is 0.390 e. The molecule has 0 spiro atoms. The molecule has 10 nitrogen and oxygen atoms in total. The van der Waals surface area contributed by atoms with Crippen LogP contribution in [0.2, 0.25) is 0 Å². The Hall–Kier alpha value is -0.810. The molecular weight excluding hydrogens is 375 g/mol. The molecule has 1 aliphatic heterocycles. The molecule has 1 aromatic rings. The molecule has 0 amide bonds. The van der Waals surface area contributed by atoms with E-state index in [1.54, 1.807) is 0 Å². The maximum Gasteiger partial charge on any atom is 0.469 e. The minimum Gasteiger partial charge on any atom is -0.390 e. The maximum absolute atomic E-state index is 11.7. The van der Waals surface area contributed by atoms with E-state index in [1.165, 1.54) is 6.20 Å². The SMILES string of the molecule is O=c1[nH]c(=O)n([C@H]2C[C@H](O)[C@H](COP(=O)(O)O)O2)cc1Br. The molecule has 0 aliphatic carbocycles. The van der Waals surface area contributed by atoms with Crippen LogP contribution in [0.5, 0.6) is 0 Å². The van der Waals surface area contributed by atoms with Crippen molar-refractivity contribution < 1.29 is 28.7 Å². The van der Waals surface area contributed by atoms with Gasteiger partial charge in [-0.15, -0.1) is 0 Å². The number of aromatic amines is 1. The van der Waals surface area contributed by atoms with Gasteiger partial charge in [-0.1, -0.05) is 0 Å². The summed E-state index contributed by atoms with van der Waals surface area (Å²) < 4.78 is 21.4. The van der Waals surface area contributed by atoms with E-state index < -0.39 is 44.1 Å². The maximum atomic E-state index is 11.7. The lowest BCUT2D eigenvalue weighted by molar-refractivity contribution is -0.0451. The fourth-order valence-electron chi connectivity index (χ4n) is 1.88. The van der Waals surface area contributed by atoms with Gasteiger partial charge in [0.05, 0.1) is 17.2 Å². The number of aliphatic hydroxyl groups is 1. The molecule has 2 rings (SSSR count). The zero-order chi connectivity index (χ0) is 15.8. The van der Waals surface area contributed by atoms with Crippen molar-refractivity contribution in [3.63, 3.8) is 0 Å². The van der Waals surface area contributed by atoms with Gasteiger partial charge in [0.1, 0.15) is 12.3 Å². The summed E-state index contributed by atoms with van der Waals surface area (Å²) >= 11 is 2.97. The van der Waals surface area contributed by atoms with Crippen molar-refractivity contribution in [2.24, 2.45) is 0 Å². The summed E-state index contributed by atoms with van der Waals surface area (Å²) in [5.41, 5.74) is -1.33. The van der Waals surface area contributed by atoms with Crippen molar-refractivity contribution in [2.45, 2.75) is 24.9 Å². The molecule has 0 saturated carbocycles. The van der Waals surface area contributed by atoms with Crippen LogP contribution in [-0.2, 0) is 13.8 Å². The van der Waals surface area contributed by atoms with Crippen molar-refractivity contribution in [3.8, 4) is 0 Å². The predicted molar refractivity (Wildman–Crippen MR) is 71.6 cm³/mol. The minimum absolute atomic E-state index is 0.00752. The first kappa shape index (κ1) is 16.6. The number of phosphoric ester groups is 1. The predicted octanol–water partition coefficient (Wildman–Crippen LogP) is -0.943. The lowest BCUT2D eigenvalue weighted by atomic mass is 10.2. The van der Waals surface area contributed by atoms with Gasteiger partial charge in [0.15, 0.2) is 0 Å². The van der Waals surface area contributed by atoms with Gasteiger partial charge in [-0.3, -0.25) is 18.9 Å². The molecule has 1 aliphatic rings. The highest BCUT2D eigenvalue weighted by molar-refractivity contribution is 9.10. The third-order valence-electron chi connectivity index (χ3n) is 2.85. The number of aromatic nitrogens is 2. The molecular formula is C9H12BrN2O8P. The second-order valence-corrected chi connectivity index (χ2v) is 6.46. The number of halogens is 1. The van der Waals surface area contributed by atoms with E-state index in [0.29, 0.717) is 0 Å². The molecule has 0 radical (unpaired) electrons. The van der Waals surface area contributed by atoms with E-state index >= 15 is 0 Å². The van der Waals surface area contributed by atoms with Gasteiger partial charge in [-0.2, -0.15) is 0 Å². The van der Waals surface area contributed by atoms with E-state index in [4.69, 9.17) is 14.5 Å². The summed E-state index contributed by atoms with van der Waals surface area (Å²) in [5, 5.41) is 9.78. The molecule has 2 heterocycles. The van der Waals surface area contributed by atoms with Crippen LogP contribution >= 0.6 is 23.8 Å². The lowest BCUT2D eigenvalue weighted by Crippen LogP contribution is -2.32. The van der Waals surface area contributed by atoms with Gasteiger partial charge in [-0.25, -0.2) is 9.36 Å². The van der Waals surface area contributed by atoms with Crippen LogP contribution in [-0.4, -0.2) is 43.3 Å². The minimum atomic E-state index is -4.67. The first-order valence-corrected chi connectivity index (χ1v) is 8.04. The van der Waals surface area contributed by atoms with Crippen LogP contribution in [0.3, 0.4) is 0 Å². The molecule has 0 unspecified atom stereocenters. The molecule has 0 bridgehead atoms. The Bertz CT molecular complexity index is 681. The number of H-pyrrole nitrogens is 1. The quantitative estimate of drug-likeness (QED) is 0.483. The van der Waals surface area contributed by atoms with Crippen LogP contribution in [0.1, 0.15) is 12.6 Å². The molecule has 4 N–H and O–H groups in total. The van der Waals surface area contributed by atoms with Gasteiger partial charge in [0, 0.05) is 12.6 Å². The van der Waals surface area contributed by atoms with Crippen LogP contribution in [0, 0.1) is 0 Å². The Balaban J connectivity index is 2.14. The van der Waals surface area contributed by atoms with Gasteiger partial charge >= 0.3 is 13.5 Å². The van der Waals surface area contributed by atoms with Gasteiger partial charge in [-0.05, 0) is 15.9 Å². The highest BCUT2D eigenvalue weighted by atomic mass is 79.9. The third-order valence-corrected chi connectivity index (χ3v) is 3.90. The van der Waals surface area contributed by atoms with Crippen molar-refractivity contribution in [3.05, 3.63) is 31.5 Å². The molecule has 1 saturated heterocycles. The first-order valence-electron chi connectivity index (χ1n) is 5.72. The summed E-state index contributed by atoms with van der Waals surface area (Å²) in [5.74, 6) is 0. The highest BCUT2D eigenvalue weighted by Crippen LogP contribution is 2.38. The number of rotatable bonds is 4. The Kier molecular flexibility index (Phi) is 4.83. The zero-order valence-electron chi connectivity index (χ0n) is 10.4. The van der Waals surface area contributed by atoms with Crippen molar-refractivity contribution in [1.29, 1.82) is 0 Å². The standard InChI is InChI=1S/C9H12BrN2O8P/c10-4-2-12(9(15)11-8(4)14)7-1-5(13)6(20-7)3-19-21(16,17)18/h2,5-7,13H,1,3H2,(H,11,14,15)(H2,16,17,18)/t5-,6-,7+/m0/s1. The van der Waals surface area contributed by atoms with E-state index in [-0.39, 0.29) is 10.9 Å². The number of hydrogen-bond donors (Lipinski definition) is 4. The molecule has 1 aromatic heterocycles. The Morgan fingerprint density at radius 3 is 2.81 bits per heavy atom. The number of nitrogens with zero attached hydrogens (tertiary/aromatic N) is 1. The highest BCUT2D eigenvalue weighted by Gasteiger charge is 2.37. The number of phosphoric acid groups is 1. The van der Waals surface area contributed by atoms with Gasteiger partial charge < -0.3 is 19.6 Å². The number of hydrogen-bond acceptors (Lipinski definition) is 6. The van der Waals surface area contributed by atoms with Crippen LogP contribution in [0.4, 0.5) is 0 Å². The fourth-order valence-corrected chi connectivity index (χ4v) is 2.54. The first-order chi connectivity index (χ1) is 9.67. The van der Waals surface area contributed by atoms with E-state index in [0.717, 1.165) is 4.57 Å². The summed E-state index contributed by atoms with van der Waals surface area (Å²) in [6, 6.07) is 0. The van der Waals surface area contributed by atoms with Crippen LogP contribution < -0.4 is 11.2 Å². The molecule has 3 atom stereocenters. The largest absolute Gasteiger partial charge is 0.469 e. The second-order valence-electron chi connectivity index (χ2n) is 4.36. The molecule has 12 heteroatoms. The molecule has 0 aromatic carbocycles. The van der Waals surface area contributed by atoms with Crippen LogP contribution in [0.15, 0.2) is 20.3 Å². The van der Waals surface area contributed by atoms with Gasteiger partial charge in [0.2, 0.25) is 0 Å². The zero-order valence-corrected chi connectivity index (χ0v) is 12.9. The lowest BCUT2D eigenvalue weighted by Gasteiger charge is -2.16. The summed E-state index contributed by atoms with van der Waals surface area (Å²) in [6.45, 7) is -0.527. The van der Waals surface area contributed by atoms with Crippen molar-refractivity contribution in [2.75, 3.05) is 6.61 Å². The normalized spacial score (nSPS) is 26.2. The Morgan fingerprint density at radius 1 is 1.52 bits per heavy atom.